The van der Waals surface area contributed by atoms with Crippen molar-refractivity contribution in [2.24, 2.45) is 5.92 Å². The fourth-order valence-corrected chi connectivity index (χ4v) is 3.37. The second kappa shape index (κ2) is 6.53. The third-order valence-electron chi connectivity index (χ3n) is 4.61. The molecule has 1 saturated carbocycles. The summed E-state index contributed by atoms with van der Waals surface area (Å²) < 4.78 is 0. The van der Waals surface area contributed by atoms with Gasteiger partial charge in [0.25, 0.3) is 0 Å². The highest BCUT2D eigenvalue weighted by molar-refractivity contribution is 5.98. The van der Waals surface area contributed by atoms with E-state index in [1.807, 2.05) is 19.1 Å². The maximum atomic E-state index is 12.5. The van der Waals surface area contributed by atoms with E-state index in [9.17, 15) is 4.79 Å². The third kappa shape index (κ3) is 3.69. The van der Waals surface area contributed by atoms with Gasteiger partial charge in [0, 0.05) is 11.6 Å². The number of benzene rings is 1. The monoisotopic (exact) mass is 273 g/mol. The van der Waals surface area contributed by atoms with Crippen molar-refractivity contribution in [2.45, 2.75) is 52.5 Å². The number of Topliss-reactive ketones (excluding diaryl/α,β-unsaturated/α-hetero) is 1. The lowest BCUT2D eigenvalue weighted by atomic mass is 9.86. The van der Waals surface area contributed by atoms with Crippen LogP contribution < -0.4 is 0 Å². The summed E-state index contributed by atoms with van der Waals surface area (Å²) in [6, 6.07) is 6.68. The Labute approximate surface area is 123 Å². The summed E-state index contributed by atoms with van der Waals surface area (Å²) in [5.41, 5.74) is 3.19. The lowest BCUT2D eigenvalue weighted by Crippen LogP contribution is -2.38. The van der Waals surface area contributed by atoms with Gasteiger partial charge in [0.15, 0.2) is 5.78 Å². The highest BCUT2D eigenvalue weighted by atomic mass is 16.1. The molecule has 0 aromatic heterocycles. The van der Waals surface area contributed by atoms with Crippen molar-refractivity contribution in [1.82, 2.24) is 4.90 Å². The van der Waals surface area contributed by atoms with E-state index in [-0.39, 0.29) is 5.78 Å². The summed E-state index contributed by atoms with van der Waals surface area (Å²) in [4.78, 5) is 14.7. The first kappa shape index (κ1) is 15.2. The van der Waals surface area contributed by atoms with Gasteiger partial charge in [-0.2, -0.15) is 0 Å². The van der Waals surface area contributed by atoms with Crippen LogP contribution >= 0.6 is 0 Å². The predicted octanol–water partition coefficient (Wildman–Crippen LogP) is 4.00. The maximum absolute atomic E-state index is 12.5. The molecule has 2 unspecified atom stereocenters. The number of carbonyl (C=O) groups excluding carboxylic acids is 1. The minimum absolute atomic E-state index is 0.253. The van der Waals surface area contributed by atoms with Crippen molar-refractivity contribution in [2.75, 3.05) is 13.6 Å². The van der Waals surface area contributed by atoms with Crippen LogP contribution in [0.2, 0.25) is 0 Å². The first-order chi connectivity index (χ1) is 9.47. The molecular weight excluding hydrogens is 246 g/mol. The van der Waals surface area contributed by atoms with Crippen molar-refractivity contribution in [1.29, 1.82) is 0 Å². The Morgan fingerprint density at radius 3 is 2.70 bits per heavy atom. The van der Waals surface area contributed by atoms with Crippen molar-refractivity contribution in [3.63, 3.8) is 0 Å². The standard InChI is InChI=1S/C18H27NO/c1-13-6-5-7-16(11-13)19(4)12-18(20)17-9-8-14(2)10-15(17)3/h8-10,13,16H,5-7,11-12H2,1-4H3. The molecule has 1 fully saturated rings. The van der Waals surface area contributed by atoms with Gasteiger partial charge in [-0.3, -0.25) is 9.69 Å². The van der Waals surface area contributed by atoms with Crippen LogP contribution in [0.4, 0.5) is 0 Å². The molecule has 1 aliphatic rings. The van der Waals surface area contributed by atoms with Crippen LogP contribution in [0.25, 0.3) is 0 Å². The van der Waals surface area contributed by atoms with Crippen molar-refractivity contribution in [3.05, 3.63) is 34.9 Å². The van der Waals surface area contributed by atoms with E-state index < -0.39 is 0 Å². The third-order valence-corrected chi connectivity index (χ3v) is 4.61. The second-order valence-corrected chi connectivity index (χ2v) is 6.58. The first-order valence-corrected chi connectivity index (χ1v) is 7.78. The van der Waals surface area contributed by atoms with Crippen LogP contribution in [0.15, 0.2) is 18.2 Å². The number of aryl methyl sites for hydroxylation is 2. The lowest BCUT2D eigenvalue weighted by Gasteiger charge is -2.33. The van der Waals surface area contributed by atoms with Gasteiger partial charge in [-0.05, 0) is 45.2 Å². The van der Waals surface area contributed by atoms with E-state index in [1.165, 1.54) is 31.2 Å². The highest BCUT2D eigenvalue weighted by Crippen LogP contribution is 2.26. The summed E-state index contributed by atoms with van der Waals surface area (Å²) in [6.07, 6.45) is 5.11. The fourth-order valence-electron chi connectivity index (χ4n) is 3.37. The summed E-state index contributed by atoms with van der Waals surface area (Å²) in [6.45, 7) is 6.97. The molecule has 0 bridgehead atoms. The van der Waals surface area contributed by atoms with E-state index in [4.69, 9.17) is 0 Å². The molecule has 0 spiro atoms. The van der Waals surface area contributed by atoms with E-state index in [0.717, 1.165) is 17.0 Å². The number of rotatable bonds is 4. The molecule has 2 rings (SSSR count). The van der Waals surface area contributed by atoms with Crippen LogP contribution in [0.3, 0.4) is 0 Å². The Morgan fingerprint density at radius 2 is 2.05 bits per heavy atom. The first-order valence-electron chi connectivity index (χ1n) is 7.78. The number of carbonyl (C=O) groups is 1. The molecule has 1 aromatic rings. The normalized spacial score (nSPS) is 23.1. The largest absolute Gasteiger partial charge is 0.296 e. The van der Waals surface area contributed by atoms with E-state index in [0.29, 0.717) is 12.6 Å². The topological polar surface area (TPSA) is 20.3 Å². The minimum Gasteiger partial charge on any atom is -0.296 e. The Kier molecular flexibility index (Phi) is 4.98. The number of likely N-dealkylation sites (N-methyl/N-ethyl adjacent to an activating group) is 1. The Hall–Kier alpha value is -1.15. The number of ketones is 1. The summed E-state index contributed by atoms with van der Waals surface area (Å²) in [7, 11) is 2.10. The zero-order valence-corrected chi connectivity index (χ0v) is 13.3. The van der Waals surface area contributed by atoms with Gasteiger partial charge in [0.05, 0.1) is 6.54 Å². The number of hydrogen-bond acceptors (Lipinski definition) is 2. The summed E-state index contributed by atoms with van der Waals surface area (Å²) in [5.74, 6) is 1.05. The van der Waals surface area contributed by atoms with Crippen molar-refractivity contribution >= 4 is 5.78 Å². The van der Waals surface area contributed by atoms with Gasteiger partial charge in [0.2, 0.25) is 0 Å². The predicted molar refractivity (Wildman–Crippen MR) is 84.3 cm³/mol. The fraction of sp³-hybridized carbons (Fsp3) is 0.611. The molecule has 1 aliphatic carbocycles. The number of hydrogen-bond donors (Lipinski definition) is 0. The number of nitrogens with zero attached hydrogens (tertiary/aromatic N) is 1. The van der Waals surface area contributed by atoms with Crippen LogP contribution in [-0.4, -0.2) is 30.3 Å². The molecule has 110 valence electrons. The Morgan fingerprint density at radius 1 is 1.30 bits per heavy atom. The molecule has 0 heterocycles. The van der Waals surface area contributed by atoms with Gasteiger partial charge < -0.3 is 0 Å². The SMILES string of the molecule is Cc1ccc(C(=O)CN(C)C2CCCC(C)C2)c(C)c1. The van der Waals surface area contributed by atoms with E-state index in [1.54, 1.807) is 0 Å². The maximum Gasteiger partial charge on any atom is 0.177 e. The van der Waals surface area contributed by atoms with E-state index >= 15 is 0 Å². The van der Waals surface area contributed by atoms with Gasteiger partial charge in [-0.25, -0.2) is 0 Å². The molecular formula is C18H27NO. The van der Waals surface area contributed by atoms with E-state index in [2.05, 4.69) is 31.9 Å². The average Bonchev–Trinajstić information content (AvgIpc) is 2.38. The quantitative estimate of drug-likeness (QED) is 0.773. The highest BCUT2D eigenvalue weighted by Gasteiger charge is 2.24. The molecule has 2 nitrogen and oxygen atoms in total. The average molecular weight is 273 g/mol. The summed E-state index contributed by atoms with van der Waals surface area (Å²) in [5, 5.41) is 0. The van der Waals surface area contributed by atoms with Crippen LogP contribution in [-0.2, 0) is 0 Å². The van der Waals surface area contributed by atoms with Gasteiger partial charge in [-0.1, -0.05) is 43.5 Å². The van der Waals surface area contributed by atoms with Crippen LogP contribution in [0, 0.1) is 19.8 Å². The summed E-state index contributed by atoms with van der Waals surface area (Å²) >= 11 is 0. The molecule has 2 atom stereocenters. The molecule has 0 N–H and O–H groups in total. The van der Waals surface area contributed by atoms with Gasteiger partial charge in [-0.15, -0.1) is 0 Å². The molecule has 20 heavy (non-hydrogen) atoms. The van der Waals surface area contributed by atoms with Crippen LogP contribution in [0.5, 0.6) is 0 Å². The van der Waals surface area contributed by atoms with Crippen LogP contribution in [0.1, 0.15) is 54.1 Å². The molecule has 0 radical (unpaired) electrons. The lowest BCUT2D eigenvalue weighted by molar-refractivity contribution is 0.0882. The molecule has 0 saturated heterocycles. The smallest absolute Gasteiger partial charge is 0.177 e. The zero-order chi connectivity index (χ0) is 14.7. The molecule has 2 heteroatoms. The van der Waals surface area contributed by atoms with Crippen molar-refractivity contribution < 1.29 is 4.79 Å². The molecule has 1 aromatic carbocycles. The molecule has 0 aliphatic heterocycles. The zero-order valence-electron chi connectivity index (χ0n) is 13.3. The van der Waals surface area contributed by atoms with Gasteiger partial charge >= 0.3 is 0 Å². The van der Waals surface area contributed by atoms with Crippen molar-refractivity contribution in [3.8, 4) is 0 Å². The Bertz CT molecular complexity index is 480. The second-order valence-electron chi connectivity index (χ2n) is 6.58. The van der Waals surface area contributed by atoms with Gasteiger partial charge in [0.1, 0.15) is 0 Å². The Balaban J connectivity index is 1.99. The minimum atomic E-state index is 0.253. The molecule has 0 amide bonds.